The topological polar surface area (TPSA) is 0 Å². The highest BCUT2D eigenvalue weighted by Gasteiger charge is 1.96. The van der Waals surface area contributed by atoms with Gasteiger partial charge >= 0.3 is 0 Å². The van der Waals surface area contributed by atoms with Crippen molar-refractivity contribution in [3.8, 4) is 0 Å². The van der Waals surface area contributed by atoms with Gasteiger partial charge in [-0.15, -0.1) is 0 Å². The van der Waals surface area contributed by atoms with E-state index < -0.39 is 0 Å². The SMILES string of the molecule is C.Cc1ccc(C)c(C)c1.Cc1ccc(C)c(C)c1.Cc1ccc(C)cc1.Cc1ccc(Cc2ccc(C)cc2)cc1.Cc1cccc(C)c1.Cc1cccc(C)c1C. The average molecular weight is 785 g/mol. The molecule has 0 heterocycles. The van der Waals surface area contributed by atoms with Crippen molar-refractivity contribution in [1.29, 1.82) is 0 Å². The summed E-state index contributed by atoms with van der Waals surface area (Å²) in [6.07, 6.45) is 1.03. The molecule has 0 spiro atoms. The first-order chi connectivity index (χ1) is 27.4. The fourth-order valence-electron chi connectivity index (χ4n) is 5.77. The zero-order valence-electron chi connectivity index (χ0n) is 38.6. The van der Waals surface area contributed by atoms with Crippen molar-refractivity contribution in [2.45, 2.75) is 118 Å². The van der Waals surface area contributed by atoms with E-state index in [-0.39, 0.29) is 7.43 Å². The van der Waals surface area contributed by atoms with Gasteiger partial charge in [0.1, 0.15) is 0 Å². The maximum Gasteiger partial charge on any atom is -0.00258 e. The predicted octanol–water partition coefficient (Wildman–Crippen LogP) is 17.0. The molecule has 0 aliphatic rings. The van der Waals surface area contributed by atoms with Crippen LogP contribution in [0.2, 0.25) is 0 Å². The van der Waals surface area contributed by atoms with Gasteiger partial charge in [-0.25, -0.2) is 0 Å². The average Bonchev–Trinajstić information content (AvgIpc) is 3.18. The van der Waals surface area contributed by atoms with Crippen molar-refractivity contribution in [2.75, 3.05) is 0 Å². The molecule has 7 rings (SSSR count). The van der Waals surface area contributed by atoms with Crippen molar-refractivity contribution in [3.63, 3.8) is 0 Å². The van der Waals surface area contributed by atoms with Gasteiger partial charge in [0.2, 0.25) is 0 Å². The Labute approximate surface area is 362 Å². The monoisotopic (exact) mass is 785 g/mol. The van der Waals surface area contributed by atoms with E-state index in [1.165, 1.54) is 94.6 Å². The quantitative estimate of drug-likeness (QED) is 0.164. The molecule has 0 bridgehead atoms. The summed E-state index contributed by atoms with van der Waals surface area (Å²) in [5.41, 5.74) is 23.1. The third kappa shape index (κ3) is 21.8. The molecule has 0 N–H and O–H groups in total. The highest BCUT2D eigenvalue weighted by molar-refractivity contribution is 5.33. The Hall–Kier alpha value is -5.46. The lowest BCUT2D eigenvalue weighted by Gasteiger charge is -2.03. The molecule has 312 valence electrons. The summed E-state index contributed by atoms with van der Waals surface area (Å²) in [4.78, 5) is 0. The van der Waals surface area contributed by atoms with Crippen molar-refractivity contribution < 1.29 is 0 Å². The first-order valence-electron chi connectivity index (χ1n) is 20.7. The fraction of sp³-hybridized carbons (Fsp3) is 0.288. The molecule has 7 aromatic carbocycles. The molecule has 0 fully saturated rings. The molecular formula is C59H76. The summed E-state index contributed by atoms with van der Waals surface area (Å²) in [5.74, 6) is 0. The molecule has 0 radical (unpaired) electrons. The minimum Gasteiger partial charge on any atom is -0.0776 e. The molecule has 0 atom stereocenters. The second-order valence-electron chi connectivity index (χ2n) is 16.2. The van der Waals surface area contributed by atoms with Crippen LogP contribution >= 0.6 is 0 Å². The van der Waals surface area contributed by atoms with Crippen molar-refractivity contribution >= 4 is 0 Å². The largest absolute Gasteiger partial charge is 0.0776 e. The van der Waals surface area contributed by atoms with E-state index in [0.717, 1.165) is 6.42 Å². The highest BCUT2D eigenvalue weighted by Crippen LogP contribution is 2.13. The van der Waals surface area contributed by atoms with E-state index in [2.05, 4.69) is 256 Å². The molecular weight excluding hydrogens is 709 g/mol. The second-order valence-corrected chi connectivity index (χ2v) is 16.2. The van der Waals surface area contributed by atoms with Gasteiger partial charge in [0.25, 0.3) is 0 Å². The standard InChI is InChI=1S/C15H16.3C9H12.2C8H10.CH4/c1-12-3-7-14(8-4-12)11-15-9-5-13(2)6-10-15;2*1-7-4-5-8(2)9(3)6-7;1-7-5-4-6-8(2)9(7)3;1-7-3-5-8(2)6-4-7;1-7-4-3-5-8(2)6-7;/h3-10H,11H2,1-2H3;3*4-6H,1-3H3;2*3-6H,1-2H3;1H4. The molecule has 0 aliphatic carbocycles. The number of benzene rings is 7. The van der Waals surface area contributed by atoms with E-state index in [9.17, 15) is 0 Å². The lowest BCUT2D eigenvalue weighted by atomic mass is 10.0. The molecule has 0 nitrogen and oxygen atoms in total. The van der Waals surface area contributed by atoms with Gasteiger partial charge in [0, 0.05) is 0 Å². The van der Waals surface area contributed by atoms with Gasteiger partial charge in [0.05, 0.1) is 0 Å². The van der Waals surface area contributed by atoms with Gasteiger partial charge in [-0.05, 0) is 160 Å². The molecule has 59 heavy (non-hydrogen) atoms. The van der Waals surface area contributed by atoms with Gasteiger partial charge in [0.15, 0.2) is 0 Å². The van der Waals surface area contributed by atoms with Crippen molar-refractivity contribution in [1.82, 2.24) is 0 Å². The smallest absolute Gasteiger partial charge is 0.00258 e. The Balaban J connectivity index is 0.000000359. The van der Waals surface area contributed by atoms with Crippen LogP contribution in [0.3, 0.4) is 0 Å². The van der Waals surface area contributed by atoms with E-state index in [4.69, 9.17) is 0 Å². The third-order valence-electron chi connectivity index (χ3n) is 10.2. The van der Waals surface area contributed by atoms with Crippen LogP contribution in [0.25, 0.3) is 0 Å². The number of aryl methyl sites for hydroxylation is 14. The Bertz CT molecular complexity index is 2060. The van der Waals surface area contributed by atoms with Crippen LogP contribution in [0.4, 0.5) is 0 Å². The van der Waals surface area contributed by atoms with Crippen LogP contribution in [0.5, 0.6) is 0 Å². The Kier molecular flexibility index (Phi) is 23.8. The molecule has 0 aromatic heterocycles. The molecule has 7 aromatic rings. The van der Waals surface area contributed by atoms with Crippen LogP contribution in [0, 0.1) is 104 Å². The number of hydrogen-bond acceptors (Lipinski definition) is 0. The summed E-state index contributed by atoms with van der Waals surface area (Å²) >= 11 is 0. The third-order valence-corrected chi connectivity index (χ3v) is 10.2. The van der Waals surface area contributed by atoms with Crippen LogP contribution in [0.1, 0.15) is 102 Å². The predicted molar refractivity (Wildman–Crippen MR) is 266 cm³/mol. The molecule has 0 amide bonds. The minimum absolute atomic E-state index is 0. The maximum atomic E-state index is 2.20. The Morgan fingerprint density at radius 1 is 0.237 bits per heavy atom. The summed E-state index contributed by atoms with van der Waals surface area (Å²) in [5, 5.41) is 0. The van der Waals surface area contributed by atoms with Crippen molar-refractivity contribution in [2.24, 2.45) is 0 Å². The highest BCUT2D eigenvalue weighted by atomic mass is 14.0. The van der Waals surface area contributed by atoms with Gasteiger partial charge in [-0.1, -0.05) is 204 Å². The molecule has 0 saturated heterocycles. The van der Waals surface area contributed by atoms with Crippen LogP contribution in [0.15, 0.2) is 152 Å². The van der Waals surface area contributed by atoms with Crippen LogP contribution < -0.4 is 0 Å². The summed E-state index contributed by atoms with van der Waals surface area (Å²) in [6.45, 7) is 31.9. The first kappa shape index (κ1) is 51.6. The minimum atomic E-state index is 0. The first-order valence-corrected chi connectivity index (χ1v) is 20.7. The molecule has 0 aliphatic heterocycles. The summed E-state index contributed by atoms with van der Waals surface area (Å²) < 4.78 is 0. The van der Waals surface area contributed by atoms with Gasteiger partial charge < -0.3 is 0 Å². The zero-order valence-corrected chi connectivity index (χ0v) is 38.6. The Morgan fingerprint density at radius 3 is 0.763 bits per heavy atom. The normalized spacial score (nSPS) is 9.54. The van der Waals surface area contributed by atoms with Crippen LogP contribution in [-0.2, 0) is 6.42 Å². The fourth-order valence-corrected chi connectivity index (χ4v) is 5.77. The lowest BCUT2D eigenvalue weighted by Crippen LogP contribution is -1.88. The zero-order chi connectivity index (χ0) is 43.2. The van der Waals surface area contributed by atoms with E-state index >= 15 is 0 Å². The lowest BCUT2D eigenvalue weighted by molar-refractivity contribution is 1.18. The van der Waals surface area contributed by atoms with E-state index in [1.807, 2.05) is 0 Å². The van der Waals surface area contributed by atoms with Crippen LogP contribution in [-0.4, -0.2) is 0 Å². The number of hydrogen-bond donors (Lipinski definition) is 0. The summed E-state index contributed by atoms with van der Waals surface area (Å²) in [7, 11) is 0. The molecule has 0 heteroatoms. The molecule has 0 saturated carbocycles. The van der Waals surface area contributed by atoms with E-state index in [1.54, 1.807) is 0 Å². The number of rotatable bonds is 2. The maximum absolute atomic E-state index is 2.20. The molecule has 0 unspecified atom stereocenters. The van der Waals surface area contributed by atoms with Gasteiger partial charge in [-0.3, -0.25) is 0 Å². The summed E-state index contributed by atoms with van der Waals surface area (Å²) in [6, 6.07) is 53.8. The van der Waals surface area contributed by atoms with Crippen molar-refractivity contribution in [3.05, 3.63) is 246 Å². The van der Waals surface area contributed by atoms with E-state index in [0.29, 0.717) is 0 Å². The Morgan fingerprint density at radius 2 is 0.508 bits per heavy atom. The second kappa shape index (κ2) is 27.3. The van der Waals surface area contributed by atoms with Gasteiger partial charge in [-0.2, -0.15) is 0 Å².